The first-order valence-electron chi connectivity index (χ1n) is 11.4. The summed E-state index contributed by atoms with van der Waals surface area (Å²) in [6.45, 7) is 2.60. The quantitative estimate of drug-likeness (QED) is 0.206. The molecule has 0 saturated heterocycles. The van der Waals surface area contributed by atoms with Crippen molar-refractivity contribution in [2.75, 3.05) is 50.5 Å². The summed E-state index contributed by atoms with van der Waals surface area (Å²) in [5.41, 5.74) is 2.13. The summed E-state index contributed by atoms with van der Waals surface area (Å²) in [6.07, 6.45) is 4.63. The van der Waals surface area contributed by atoms with Gasteiger partial charge in [0.2, 0.25) is 5.95 Å². The Hall–Kier alpha value is -3.80. The maximum atomic E-state index is 10.8. The molecule has 0 fully saturated rings. The number of nitro groups is 1. The van der Waals surface area contributed by atoms with Crippen LogP contribution >= 0.6 is 23.2 Å². The van der Waals surface area contributed by atoms with Gasteiger partial charge in [0.1, 0.15) is 17.7 Å². The van der Waals surface area contributed by atoms with E-state index < -0.39 is 4.92 Å². The van der Waals surface area contributed by atoms with Crippen LogP contribution in [-0.4, -0.2) is 75.0 Å². The highest BCUT2D eigenvalue weighted by Gasteiger charge is 2.15. The molecule has 4 aromatic rings. The van der Waals surface area contributed by atoms with E-state index in [1.807, 2.05) is 20.2 Å². The number of imidazole rings is 1. The van der Waals surface area contributed by atoms with Gasteiger partial charge in [-0.1, -0.05) is 23.2 Å². The SMILES string of the molecule is CN(C)CCN(CCNc1ccc([N+](=O)[O-])cn1)c1nccc(-c2ncc(-c3ccc(Cl)cc3Cl)[nH]2)n1. The lowest BCUT2D eigenvalue weighted by molar-refractivity contribution is -0.385. The van der Waals surface area contributed by atoms with E-state index in [2.05, 4.69) is 35.1 Å². The number of rotatable bonds is 11. The van der Waals surface area contributed by atoms with Crippen molar-refractivity contribution in [2.45, 2.75) is 0 Å². The lowest BCUT2D eigenvalue weighted by Gasteiger charge is -2.24. The van der Waals surface area contributed by atoms with Gasteiger partial charge in [-0.3, -0.25) is 10.1 Å². The number of pyridine rings is 1. The van der Waals surface area contributed by atoms with Gasteiger partial charge in [-0.05, 0) is 44.4 Å². The first-order valence-corrected chi connectivity index (χ1v) is 12.1. The highest BCUT2D eigenvalue weighted by Crippen LogP contribution is 2.30. The Morgan fingerprint density at radius 2 is 1.86 bits per heavy atom. The normalized spacial score (nSPS) is 11.1. The minimum atomic E-state index is -0.476. The van der Waals surface area contributed by atoms with Gasteiger partial charge in [-0.25, -0.2) is 19.9 Å². The Morgan fingerprint density at radius 1 is 1.03 bits per heavy atom. The van der Waals surface area contributed by atoms with Crippen molar-refractivity contribution in [3.8, 4) is 22.8 Å². The highest BCUT2D eigenvalue weighted by molar-refractivity contribution is 6.36. The van der Waals surface area contributed by atoms with E-state index in [-0.39, 0.29) is 5.69 Å². The molecule has 0 amide bonds. The molecule has 4 rings (SSSR count). The maximum Gasteiger partial charge on any atom is 0.287 e. The number of benzene rings is 1. The van der Waals surface area contributed by atoms with Crippen LogP contribution in [0.1, 0.15) is 0 Å². The number of hydrogen-bond acceptors (Lipinski definition) is 9. The number of aromatic nitrogens is 5. The van der Waals surface area contributed by atoms with Crippen LogP contribution in [0, 0.1) is 10.1 Å². The van der Waals surface area contributed by atoms with E-state index in [9.17, 15) is 10.1 Å². The second-order valence-corrected chi connectivity index (χ2v) is 9.23. The second-order valence-electron chi connectivity index (χ2n) is 8.39. The van der Waals surface area contributed by atoms with Crippen LogP contribution in [0.5, 0.6) is 0 Å². The Labute approximate surface area is 223 Å². The van der Waals surface area contributed by atoms with Crippen LogP contribution in [0.25, 0.3) is 22.8 Å². The highest BCUT2D eigenvalue weighted by atomic mass is 35.5. The fraction of sp³-hybridized carbons (Fsp3) is 0.250. The topological polar surface area (TPSA) is 129 Å². The van der Waals surface area contributed by atoms with Crippen molar-refractivity contribution in [1.29, 1.82) is 0 Å². The molecule has 11 nitrogen and oxygen atoms in total. The third-order valence-electron chi connectivity index (χ3n) is 5.43. The summed E-state index contributed by atoms with van der Waals surface area (Å²) < 4.78 is 0. The summed E-state index contributed by atoms with van der Waals surface area (Å²) in [5.74, 6) is 1.70. The van der Waals surface area contributed by atoms with Gasteiger partial charge in [-0.15, -0.1) is 0 Å². The number of nitrogens with one attached hydrogen (secondary N) is 2. The summed E-state index contributed by atoms with van der Waals surface area (Å²) in [6, 6.07) is 10.1. The number of aromatic amines is 1. The zero-order valence-corrected chi connectivity index (χ0v) is 21.7. The van der Waals surface area contributed by atoms with Crippen molar-refractivity contribution < 1.29 is 4.92 Å². The fourth-order valence-electron chi connectivity index (χ4n) is 3.48. The van der Waals surface area contributed by atoms with Crippen molar-refractivity contribution in [1.82, 2.24) is 29.8 Å². The molecule has 0 aliphatic heterocycles. The summed E-state index contributed by atoms with van der Waals surface area (Å²) >= 11 is 12.4. The van der Waals surface area contributed by atoms with Crippen LogP contribution in [-0.2, 0) is 0 Å². The number of anilines is 2. The largest absolute Gasteiger partial charge is 0.368 e. The van der Waals surface area contributed by atoms with E-state index in [4.69, 9.17) is 28.2 Å². The predicted molar refractivity (Wildman–Crippen MR) is 145 cm³/mol. The zero-order valence-electron chi connectivity index (χ0n) is 20.2. The first-order chi connectivity index (χ1) is 17.8. The molecule has 3 aromatic heterocycles. The summed E-state index contributed by atoms with van der Waals surface area (Å²) in [5, 5.41) is 15.1. The molecule has 3 heterocycles. The predicted octanol–water partition coefficient (Wildman–Crippen LogP) is 4.62. The Morgan fingerprint density at radius 3 is 2.57 bits per heavy atom. The van der Waals surface area contributed by atoms with Crippen LogP contribution in [0.4, 0.5) is 17.5 Å². The molecule has 37 heavy (non-hydrogen) atoms. The van der Waals surface area contributed by atoms with E-state index in [0.29, 0.717) is 53.0 Å². The third-order valence-corrected chi connectivity index (χ3v) is 5.98. The standard InChI is InChI=1S/C24H25Cl2N9O2/c1-33(2)11-12-34(10-9-27-22-6-4-17(14-29-22)35(36)37)24-28-8-7-20(32-24)23-30-15-21(31-23)18-5-3-16(25)13-19(18)26/h3-8,13-15H,9-12H2,1-2H3,(H,27,29)(H,30,31). The van der Waals surface area contributed by atoms with Gasteiger partial charge in [-0.2, -0.15) is 0 Å². The van der Waals surface area contributed by atoms with E-state index in [1.54, 1.807) is 36.7 Å². The number of halogens is 2. The van der Waals surface area contributed by atoms with Gasteiger partial charge >= 0.3 is 0 Å². The lowest BCUT2D eigenvalue weighted by atomic mass is 10.2. The van der Waals surface area contributed by atoms with Crippen molar-refractivity contribution in [3.63, 3.8) is 0 Å². The van der Waals surface area contributed by atoms with E-state index in [1.165, 1.54) is 12.3 Å². The van der Waals surface area contributed by atoms with Crippen LogP contribution in [0.2, 0.25) is 10.0 Å². The second kappa shape index (κ2) is 12.0. The average Bonchev–Trinajstić information content (AvgIpc) is 3.36. The Bertz CT molecular complexity index is 1360. The molecule has 13 heteroatoms. The molecule has 0 aliphatic rings. The molecule has 0 spiro atoms. The third kappa shape index (κ3) is 6.91. The molecular weight excluding hydrogens is 517 g/mol. The molecule has 0 saturated carbocycles. The van der Waals surface area contributed by atoms with Gasteiger partial charge < -0.3 is 20.1 Å². The van der Waals surface area contributed by atoms with Crippen molar-refractivity contribution >= 4 is 40.7 Å². The summed E-state index contributed by atoms with van der Waals surface area (Å²) in [7, 11) is 4.00. The monoisotopic (exact) mass is 541 g/mol. The molecular formula is C24H25Cl2N9O2. The molecule has 0 radical (unpaired) electrons. The van der Waals surface area contributed by atoms with Crippen LogP contribution < -0.4 is 10.2 Å². The van der Waals surface area contributed by atoms with Crippen molar-refractivity contribution in [3.05, 3.63) is 75.1 Å². The van der Waals surface area contributed by atoms with E-state index in [0.717, 1.165) is 17.8 Å². The Kier molecular flexibility index (Phi) is 8.49. The zero-order chi connectivity index (χ0) is 26.4. The van der Waals surface area contributed by atoms with Gasteiger partial charge in [0.25, 0.3) is 5.69 Å². The van der Waals surface area contributed by atoms with Gasteiger partial charge in [0, 0.05) is 49.0 Å². The molecule has 0 atom stereocenters. The lowest BCUT2D eigenvalue weighted by Crippen LogP contribution is -2.36. The molecule has 0 aliphatic carbocycles. The summed E-state index contributed by atoms with van der Waals surface area (Å²) in [4.78, 5) is 35.6. The fourth-order valence-corrected chi connectivity index (χ4v) is 3.99. The molecule has 2 N–H and O–H groups in total. The van der Waals surface area contributed by atoms with E-state index >= 15 is 0 Å². The first kappa shape index (κ1) is 26.3. The van der Waals surface area contributed by atoms with Crippen LogP contribution in [0.15, 0.2) is 55.0 Å². The van der Waals surface area contributed by atoms with Gasteiger partial charge in [0.15, 0.2) is 5.82 Å². The smallest absolute Gasteiger partial charge is 0.287 e. The van der Waals surface area contributed by atoms with Crippen molar-refractivity contribution in [2.24, 2.45) is 0 Å². The van der Waals surface area contributed by atoms with Crippen LogP contribution in [0.3, 0.4) is 0 Å². The molecule has 192 valence electrons. The maximum absolute atomic E-state index is 10.8. The van der Waals surface area contributed by atoms with Gasteiger partial charge in [0.05, 0.1) is 21.8 Å². The Balaban J connectivity index is 1.49. The number of H-pyrrole nitrogens is 1. The number of hydrogen-bond donors (Lipinski definition) is 2. The molecule has 0 bridgehead atoms. The minimum absolute atomic E-state index is 0.0530. The molecule has 1 aromatic carbocycles. The number of likely N-dealkylation sites (N-methyl/N-ethyl adjacent to an activating group) is 1. The average molecular weight is 542 g/mol. The number of nitrogens with zero attached hydrogens (tertiary/aromatic N) is 7. The molecule has 0 unspecified atom stereocenters. The minimum Gasteiger partial charge on any atom is -0.368 e.